The molecule has 25 heavy (non-hydrogen) atoms. The van der Waals surface area contributed by atoms with E-state index in [0.717, 1.165) is 42.9 Å². The van der Waals surface area contributed by atoms with E-state index >= 15 is 0 Å². The molecule has 1 aliphatic rings. The van der Waals surface area contributed by atoms with Crippen molar-refractivity contribution < 1.29 is 13.2 Å². The molecule has 1 fully saturated rings. The molecule has 3 heteroatoms. The summed E-state index contributed by atoms with van der Waals surface area (Å²) in [5.74, 6) is -0.116. The number of hydrogen-bond acceptors (Lipinski definition) is 0. The van der Waals surface area contributed by atoms with Gasteiger partial charge in [-0.15, -0.1) is 0 Å². The highest BCUT2D eigenvalue weighted by molar-refractivity contribution is 5.70. The summed E-state index contributed by atoms with van der Waals surface area (Å²) < 4.78 is 40.7. The maximum absolute atomic E-state index is 14.5. The maximum atomic E-state index is 14.5. The van der Waals surface area contributed by atoms with E-state index in [1.807, 2.05) is 12.1 Å². The van der Waals surface area contributed by atoms with Gasteiger partial charge in [-0.05, 0) is 59.4 Å². The second-order valence-corrected chi connectivity index (χ2v) is 7.75. The number of hydrogen-bond donors (Lipinski definition) is 0. The zero-order valence-corrected chi connectivity index (χ0v) is 15.1. The molecule has 0 saturated heterocycles. The van der Waals surface area contributed by atoms with Crippen molar-refractivity contribution in [2.24, 2.45) is 5.41 Å². The Labute approximate surface area is 148 Å². The average molecular weight is 346 g/mol. The highest BCUT2D eigenvalue weighted by Gasteiger charge is 2.37. The topological polar surface area (TPSA) is 0 Å². The third kappa shape index (κ3) is 3.47. The van der Waals surface area contributed by atoms with Crippen LogP contribution in [-0.2, 0) is 6.42 Å². The average Bonchev–Trinajstić information content (AvgIpc) is 2.93. The number of alkyl halides is 2. The first-order valence-electron chi connectivity index (χ1n) is 9.04. The summed E-state index contributed by atoms with van der Waals surface area (Å²) >= 11 is 0. The van der Waals surface area contributed by atoms with Gasteiger partial charge in [-0.2, -0.15) is 0 Å². The minimum atomic E-state index is -2.60. The first-order valence-corrected chi connectivity index (χ1v) is 9.04. The van der Waals surface area contributed by atoms with E-state index in [2.05, 4.69) is 26.8 Å². The standard InChI is InChI=1S/C22H25F3/c1-4-14-7-9-16(17(12-14)19-6-5-11-22(19,2)3)18-13-15(21(24)25)8-10-20(18)23/h7-10,12-13,19,21H,4-6,11H2,1-3H3/t19-/m1/s1. The van der Waals surface area contributed by atoms with Gasteiger partial charge < -0.3 is 0 Å². The molecule has 0 amide bonds. The third-order valence-electron chi connectivity index (χ3n) is 5.69. The predicted octanol–water partition coefficient (Wildman–Crippen LogP) is 7.29. The van der Waals surface area contributed by atoms with Gasteiger partial charge in [0.2, 0.25) is 0 Å². The molecule has 1 saturated carbocycles. The summed E-state index contributed by atoms with van der Waals surface area (Å²) in [4.78, 5) is 0. The number of benzene rings is 2. The van der Waals surface area contributed by atoms with Crippen LogP contribution in [-0.4, -0.2) is 0 Å². The molecule has 0 bridgehead atoms. The molecule has 2 aromatic carbocycles. The summed E-state index contributed by atoms with van der Waals surface area (Å²) in [5, 5.41) is 0. The van der Waals surface area contributed by atoms with E-state index in [0.29, 0.717) is 5.92 Å². The van der Waals surface area contributed by atoms with Crippen molar-refractivity contribution in [1.82, 2.24) is 0 Å². The molecule has 2 aromatic rings. The predicted molar refractivity (Wildman–Crippen MR) is 96.5 cm³/mol. The quantitative estimate of drug-likeness (QED) is 0.545. The fourth-order valence-electron chi connectivity index (χ4n) is 4.15. The van der Waals surface area contributed by atoms with Crippen LogP contribution in [0.5, 0.6) is 0 Å². The van der Waals surface area contributed by atoms with E-state index in [4.69, 9.17) is 0 Å². The smallest absolute Gasteiger partial charge is 0.206 e. The van der Waals surface area contributed by atoms with E-state index < -0.39 is 12.2 Å². The van der Waals surface area contributed by atoms with Gasteiger partial charge >= 0.3 is 0 Å². The van der Waals surface area contributed by atoms with Crippen LogP contribution in [0.2, 0.25) is 0 Å². The van der Waals surface area contributed by atoms with Crippen LogP contribution in [0.4, 0.5) is 13.2 Å². The fourth-order valence-corrected chi connectivity index (χ4v) is 4.15. The van der Waals surface area contributed by atoms with Gasteiger partial charge in [0.1, 0.15) is 5.82 Å². The Morgan fingerprint density at radius 2 is 1.84 bits per heavy atom. The van der Waals surface area contributed by atoms with Crippen molar-refractivity contribution in [1.29, 1.82) is 0 Å². The van der Waals surface area contributed by atoms with Crippen LogP contribution >= 0.6 is 0 Å². The van der Waals surface area contributed by atoms with Crippen molar-refractivity contribution in [3.05, 3.63) is 58.9 Å². The van der Waals surface area contributed by atoms with Crippen molar-refractivity contribution >= 4 is 0 Å². The van der Waals surface area contributed by atoms with E-state index in [9.17, 15) is 13.2 Å². The van der Waals surface area contributed by atoms with Crippen molar-refractivity contribution in [3.63, 3.8) is 0 Å². The Morgan fingerprint density at radius 1 is 1.08 bits per heavy atom. The van der Waals surface area contributed by atoms with Gasteiger partial charge in [-0.25, -0.2) is 13.2 Å². The van der Waals surface area contributed by atoms with Crippen molar-refractivity contribution in [2.45, 2.75) is 58.8 Å². The largest absolute Gasteiger partial charge is 0.263 e. The van der Waals surface area contributed by atoms with E-state index in [1.54, 1.807) is 0 Å². The van der Waals surface area contributed by atoms with Crippen LogP contribution in [0, 0.1) is 11.2 Å². The summed E-state index contributed by atoms with van der Waals surface area (Å²) in [7, 11) is 0. The summed E-state index contributed by atoms with van der Waals surface area (Å²) in [6.07, 6.45) is 1.64. The van der Waals surface area contributed by atoms with Crippen molar-refractivity contribution in [2.75, 3.05) is 0 Å². The number of halogens is 3. The molecule has 0 aliphatic heterocycles. The molecule has 0 N–H and O–H groups in total. The van der Waals surface area contributed by atoms with Crippen molar-refractivity contribution in [3.8, 4) is 11.1 Å². The molecule has 1 aliphatic carbocycles. The minimum Gasteiger partial charge on any atom is -0.206 e. The van der Waals surface area contributed by atoms with E-state index in [1.165, 1.54) is 17.7 Å². The lowest BCUT2D eigenvalue weighted by atomic mass is 9.75. The van der Waals surface area contributed by atoms with Gasteiger partial charge in [-0.1, -0.05) is 51.5 Å². The summed E-state index contributed by atoms with van der Waals surface area (Å²) in [6, 6.07) is 9.69. The Bertz CT molecular complexity index is 762. The maximum Gasteiger partial charge on any atom is 0.263 e. The third-order valence-corrected chi connectivity index (χ3v) is 5.69. The lowest BCUT2D eigenvalue weighted by Crippen LogP contribution is -2.16. The Kier molecular flexibility index (Phi) is 4.95. The van der Waals surface area contributed by atoms with Gasteiger partial charge in [0.25, 0.3) is 6.43 Å². The number of rotatable bonds is 4. The molecular weight excluding hydrogens is 321 g/mol. The molecule has 0 spiro atoms. The van der Waals surface area contributed by atoms with Crippen LogP contribution in [0.1, 0.15) is 69.1 Å². The highest BCUT2D eigenvalue weighted by atomic mass is 19.3. The zero-order chi connectivity index (χ0) is 18.2. The van der Waals surface area contributed by atoms with Crippen LogP contribution < -0.4 is 0 Å². The molecule has 0 aromatic heterocycles. The first-order chi connectivity index (χ1) is 11.8. The molecule has 3 rings (SSSR count). The van der Waals surface area contributed by atoms with Gasteiger partial charge in [0.15, 0.2) is 0 Å². The highest BCUT2D eigenvalue weighted by Crippen LogP contribution is 2.51. The molecule has 0 heterocycles. The molecule has 1 atom stereocenters. The first kappa shape index (κ1) is 18.0. The molecule has 0 unspecified atom stereocenters. The molecule has 0 radical (unpaired) electrons. The monoisotopic (exact) mass is 346 g/mol. The Hall–Kier alpha value is -1.77. The molecular formula is C22H25F3. The summed E-state index contributed by atoms with van der Waals surface area (Å²) in [6.45, 7) is 6.59. The van der Waals surface area contributed by atoms with Crippen LogP contribution in [0.15, 0.2) is 36.4 Å². The minimum absolute atomic E-state index is 0.132. The zero-order valence-electron chi connectivity index (χ0n) is 15.1. The normalized spacial score (nSPS) is 19.6. The van der Waals surface area contributed by atoms with E-state index in [-0.39, 0.29) is 16.5 Å². The van der Waals surface area contributed by atoms with Gasteiger partial charge in [0.05, 0.1) is 0 Å². The van der Waals surface area contributed by atoms with Crippen LogP contribution in [0.25, 0.3) is 11.1 Å². The lowest BCUT2D eigenvalue weighted by molar-refractivity contribution is 0.151. The molecule has 134 valence electrons. The lowest BCUT2D eigenvalue weighted by Gasteiger charge is -2.30. The number of aryl methyl sites for hydroxylation is 1. The van der Waals surface area contributed by atoms with Gasteiger partial charge in [0, 0.05) is 11.1 Å². The second kappa shape index (κ2) is 6.86. The Balaban J connectivity index is 2.18. The SMILES string of the molecule is CCc1ccc(-c2cc(C(F)F)ccc2F)c([C@H]2CCCC2(C)C)c1. The van der Waals surface area contributed by atoms with Crippen LogP contribution in [0.3, 0.4) is 0 Å². The molecule has 0 nitrogen and oxygen atoms in total. The second-order valence-electron chi connectivity index (χ2n) is 7.75. The Morgan fingerprint density at radius 3 is 2.44 bits per heavy atom. The van der Waals surface area contributed by atoms with Gasteiger partial charge in [-0.3, -0.25) is 0 Å². The fraction of sp³-hybridized carbons (Fsp3) is 0.455. The summed E-state index contributed by atoms with van der Waals surface area (Å²) in [5.41, 5.74) is 3.36.